The van der Waals surface area contributed by atoms with Crippen LogP contribution in [0.5, 0.6) is 5.75 Å². The first-order valence-electron chi connectivity index (χ1n) is 8.57. The number of rotatable bonds is 5. The number of hydrogen-bond acceptors (Lipinski definition) is 3. The quantitative estimate of drug-likeness (QED) is 0.407. The summed E-state index contributed by atoms with van der Waals surface area (Å²) in [5.74, 6) is 0.678. The van der Waals surface area contributed by atoms with Crippen LogP contribution >= 0.6 is 0 Å². The van der Waals surface area contributed by atoms with Gasteiger partial charge in [0, 0.05) is 17.2 Å². The lowest BCUT2D eigenvalue weighted by Crippen LogP contribution is -2.18. The van der Waals surface area contributed by atoms with E-state index in [1.54, 1.807) is 24.3 Å². The van der Waals surface area contributed by atoms with Gasteiger partial charge in [0.15, 0.2) is 0 Å². The van der Waals surface area contributed by atoms with Crippen molar-refractivity contribution in [3.05, 3.63) is 72.0 Å². The van der Waals surface area contributed by atoms with Gasteiger partial charge in [-0.2, -0.15) is 4.99 Å². The fraction of sp³-hybridized carbons (Fsp3) is 0.238. The molecule has 2 aromatic rings. The van der Waals surface area contributed by atoms with Gasteiger partial charge in [-0.25, -0.2) is 4.79 Å². The van der Waals surface area contributed by atoms with Crippen LogP contribution in [-0.2, 0) is 6.61 Å². The highest BCUT2D eigenvalue weighted by atomic mass is 16.5. The van der Waals surface area contributed by atoms with Crippen LogP contribution in [0.3, 0.4) is 0 Å². The van der Waals surface area contributed by atoms with Crippen LogP contribution in [0.25, 0.3) is 0 Å². The summed E-state index contributed by atoms with van der Waals surface area (Å²) >= 11 is 0. The number of aliphatic hydroxyl groups excluding tert-OH is 1. The van der Waals surface area contributed by atoms with Crippen molar-refractivity contribution in [3.8, 4) is 5.75 Å². The van der Waals surface area contributed by atoms with E-state index in [0.29, 0.717) is 18.0 Å². The SMILES string of the molecule is CC(C)(C)/C(O)=C/C(N)=N\C(=O)Nc1ccc(OCc2ccccc2)cc1. The first-order chi connectivity index (χ1) is 12.7. The summed E-state index contributed by atoms with van der Waals surface area (Å²) < 4.78 is 5.70. The van der Waals surface area contributed by atoms with Gasteiger partial charge >= 0.3 is 6.03 Å². The number of urea groups is 1. The third kappa shape index (κ3) is 6.86. The molecule has 2 aromatic carbocycles. The molecule has 4 N–H and O–H groups in total. The molecule has 0 aliphatic rings. The van der Waals surface area contributed by atoms with Gasteiger partial charge in [-0.1, -0.05) is 51.1 Å². The van der Waals surface area contributed by atoms with Crippen LogP contribution in [0.15, 0.2) is 71.4 Å². The number of anilines is 1. The predicted octanol–water partition coefficient (Wildman–Crippen LogP) is 4.64. The summed E-state index contributed by atoms with van der Waals surface area (Å²) in [6.45, 7) is 5.95. The maximum absolute atomic E-state index is 11.9. The highest BCUT2D eigenvalue weighted by Gasteiger charge is 2.16. The molecule has 0 radical (unpaired) electrons. The molecular formula is C21H25N3O3. The molecule has 0 unspecified atom stereocenters. The Bertz CT molecular complexity index is 820. The number of allylic oxidation sites excluding steroid dienone is 1. The molecule has 2 amide bonds. The maximum Gasteiger partial charge on any atom is 0.347 e. The summed E-state index contributed by atoms with van der Waals surface area (Å²) in [5, 5.41) is 12.5. The van der Waals surface area contributed by atoms with E-state index < -0.39 is 11.4 Å². The number of nitrogens with one attached hydrogen (secondary N) is 1. The van der Waals surface area contributed by atoms with Crippen molar-refractivity contribution in [1.82, 2.24) is 0 Å². The third-order valence-electron chi connectivity index (χ3n) is 3.64. The number of carbonyl (C=O) groups is 1. The summed E-state index contributed by atoms with van der Waals surface area (Å²) in [4.78, 5) is 15.6. The second kappa shape index (κ2) is 8.89. The molecule has 0 aliphatic carbocycles. The number of nitrogens with two attached hydrogens (primary N) is 1. The number of ether oxygens (including phenoxy) is 1. The predicted molar refractivity (Wildman–Crippen MR) is 108 cm³/mol. The normalized spacial score (nSPS) is 12.6. The molecule has 6 nitrogen and oxygen atoms in total. The Hall–Kier alpha value is -3.28. The van der Waals surface area contributed by atoms with Crippen molar-refractivity contribution in [2.75, 3.05) is 5.32 Å². The van der Waals surface area contributed by atoms with Crippen molar-refractivity contribution in [1.29, 1.82) is 0 Å². The number of hydrogen-bond donors (Lipinski definition) is 3. The second-order valence-corrected chi connectivity index (χ2v) is 7.05. The molecule has 142 valence electrons. The minimum absolute atomic E-state index is 0.0523. The molecule has 0 aromatic heterocycles. The fourth-order valence-electron chi connectivity index (χ4n) is 2.03. The van der Waals surface area contributed by atoms with Crippen LogP contribution in [0.1, 0.15) is 26.3 Å². The molecule has 0 spiro atoms. The summed E-state index contributed by atoms with van der Waals surface area (Å²) in [5.41, 5.74) is 6.85. The topological polar surface area (TPSA) is 96.9 Å². The second-order valence-electron chi connectivity index (χ2n) is 7.05. The Kier molecular flexibility index (Phi) is 6.60. The Morgan fingerprint density at radius 3 is 2.37 bits per heavy atom. The Morgan fingerprint density at radius 2 is 1.78 bits per heavy atom. The molecule has 0 fully saturated rings. The maximum atomic E-state index is 11.9. The number of carbonyl (C=O) groups excluding carboxylic acids is 1. The Morgan fingerprint density at radius 1 is 1.15 bits per heavy atom. The van der Waals surface area contributed by atoms with Gasteiger partial charge in [0.25, 0.3) is 0 Å². The minimum atomic E-state index is -0.622. The number of aliphatic imine (C=N–C) groups is 1. The zero-order valence-electron chi connectivity index (χ0n) is 15.8. The lowest BCUT2D eigenvalue weighted by Gasteiger charge is -2.16. The van der Waals surface area contributed by atoms with E-state index in [2.05, 4.69) is 10.3 Å². The zero-order valence-corrected chi connectivity index (χ0v) is 15.8. The van der Waals surface area contributed by atoms with Gasteiger partial charge in [-0.05, 0) is 29.8 Å². The first kappa shape index (κ1) is 20.0. The van der Waals surface area contributed by atoms with Crippen LogP contribution in [0, 0.1) is 5.41 Å². The fourth-order valence-corrected chi connectivity index (χ4v) is 2.03. The minimum Gasteiger partial charge on any atom is -0.512 e. The van der Waals surface area contributed by atoms with Gasteiger partial charge in [-0.3, -0.25) is 0 Å². The molecule has 0 saturated heterocycles. The van der Waals surface area contributed by atoms with Gasteiger partial charge in [0.05, 0.1) is 0 Å². The molecule has 0 bridgehead atoms. The average molecular weight is 367 g/mol. The van der Waals surface area contributed by atoms with E-state index in [9.17, 15) is 9.90 Å². The van der Waals surface area contributed by atoms with Crippen LogP contribution in [-0.4, -0.2) is 17.0 Å². The number of aliphatic hydroxyl groups is 1. The van der Waals surface area contributed by atoms with Gasteiger partial charge in [-0.15, -0.1) is 0 Å². The third-order valence-corrected chi connectivity index (χ3v) is 3.64. The first-order valence-corrected chi connectivity index (χ1v) is 8.57. The summed E-state index contributed by atoms with van der Waals surface area (Å²) in [6.07, 6.45) is 1.28. The summed E-state index contributed by atoms with van der Waals surface area (Å²) in [6, 6.07) is 16.2. The summed E-state index contributed by atoms with van der Waals surface area (Å²) in [7, 11) is 0. The lowest BCUT2D eigenvalue weighted by molar-refractivity contribution is 0.259. The zero-order chi connectivity index (χ0) is 19.9. The van der Waals surface area contributed by atoms with E-state index in [-0.39, 0.29) is 11.6 Å². The van der Waals surface area contributed by atoms with Crippen molar-refractivity contribution in [3.63, 3.8) is 0 Å². The van der Waals surface area contributed by atoms with Crippen molar-refractivity contribution in [2.24, 2.45) is 16.1 Å². The van der Waals surface area contributed by atoms with E-state index in [0.717, 1.165) is 5.56 Å². The van der Waals surface area contributed by atoms with Crippen molar-refractivity contribution >= 4 is 17.6 Å². The highest BCUT2D eigenvalue weighted by molar-refractivity contribution is 6.03. The number of benzene rings is 2. The monoisotopic (exact) mass is 367 g/mol. The molecule has 0 saturated carbocycles. The Balaban J connectivity index is 1.91. The number of amides is 2. The molecule has 0 atom stereocenters. The Labute approximate surface area is 159 Å². The van der Waals surface area contributed by atoms with E-state index >= 15 is 0 Å². The highest BCUT2D eigenvalue weighted by Crippen LogP contribution is 2.22. The van der Waals surface area contributed by atoms with E-state index in [1.807, 2.05) is 51.1 Å². The molecule has 2 rings (SSSR count). The van der Waals surface area contributed by atoms with E-state index in [4.69, 9.17) is 10.5 Å². The van der Waals surface area contributed by atoms with Crippen LogP contribution < -0.4 is 15.8 Å². The van der Waals surface area contributed by atoms with Crippen LogP contribution in [0.4, 0.5) is 10.5 Å². The smallest absolute Gasteiger partial charge is 0.347 e. The molecular weight excluding hydrogens is 342 g/mol. The van der Waals surface area contributed by atoms with Crippen molar-refractivity contribution < 1.29 is 14.6 Å². The number of nitrogens with zero attached hydrogens (tertiary/aromatic N) is 1. The average Bonchev–Trinajstić information content (AvgIpc) is 2.61. The molecule has 0 aliphatic heterocycles. The van der Waals surface area contributed by atoms with Gasteiger partial charge in [0.2, 0.25) is 0 Å². The lowest BCUT2D eigenvalue weighted by atomic mass is 9.93. The standard InChI is InChI=1S/C21H25N3O3/c1-21(2,3)18(25)13-19(22)24-20(26)23-16-9-11-17(12-10-16)27-14-15-7-5-4-6-8-15/h4-13,25H,14H2,1-3H3,(H3,22,23,24,26)/b18-13-. The molecule has 27 heavy (non-hydrogen) atoms. The van der Waals surface area contributed by atoms with Crippen LogP contribution in [0.2, 0.25) is 0 Å². The largest absolute Gasteiger partial charge is 0.512 e. The molecule has 0 heterocycles. The van der Waals surface area contributed by atoms with Gasteiger partial charge in [0.1, 0.15) is 24.0 Å². The number of amidine groups is 1. The van der Waals surface area contributed by atoms with Gasteiger partial charge < -0.3 is 20.9 Å². The van der Waals surface area contributed by atoms with Crippen molar-refractivity contribution in [2.45, 2.75) is 27.4 Å². The van der Waals surface area contributed by atoms with E-state index in [1.165, 1.54) is 6.08 Å². The molecule has 6 heteroatoms.